The number of aromatic nitrogens is 2. The molecule has 1 fully saturated rings. The van der Waals surface area contributed by atoms with Gasteiger partial charge in [0, 0.05) is 24.3 Å². The molecule has 1 saturated heterocycles. The minimum Gasteiger partial charge on any atom is -0.369 e. The number of aromatic amines is 1. The predicted octanol–water partition coefficient (Wildman–Crippen LogP) is 0.819. The fourth-order valence-corrected chi connectivity index (χ4v) is 1.99. The van der Waals surface area contributed by atoms with Gasteiger partial charge < -0.3 is 10.6 Å². The van der Waals surface area contributed by atoms with Crippen molar-refractivity contribution in [2.75, 3.05) is 13.1 Å². The van der Waals surface area contributed by atoms with Crippen molar-refractivity contribution in [1.82, 2.24) is 14.9 Å². The Hall–Kier alpha value is -1.85. The molecule has 0 aromatic carbocycles. The zero-order chi connectivity index (χ0) is 13.1. The summed E-state index contributed by atoms with van der Waals surface area (Å²) in [6.45, 7) is 5.37. The van der Waals surface area contributed by atoms with Gasteiger partial charge in [0.05, 0.1) is 0 Å². The second kappa shape index (κ2) is 5.20. The first-order valence-electron chi connectivity index (χ1n) is 6.24. The van der Waals surface area contributed by atoms with Crippen LogP contribution in [-0.2, 0) is 0 Å². The van der Waals surface area contributed by atoms with E-state index in [1.807, 2.05) is 4.90 Å². The summed E-state index contributed by atoms with van der Waals surface area (Å²) in [5.41, 5.74) is 7.07. The van der Waals surface area contributed by atoms with Gasteiger partial charge in [0.2, 0.25) is 5.95 Å². The Morgan fingerprint density at radius 3 is 2.61 bits per heavy atom. The van der Waals surface area contributed by atoms with Crippen LogP contribution in [0.3, 0.4) is 0 Å². The van der Waals surface area contributed by atoms with Crippen molar-refractivity contribution >= 4 is 11.9 Å². The van der Waals surface area contributed by atoms with Gasteiger partial charge in [-0.05, 0) is 33.1 Å². The normalized spacial score (nSPS) is 17.0. The molecule has 18 heavy (non-hydrogen) atoms. The molecule has 2 heterocycles. The summed E-state index contributed by atoms with van der Waals surface area (Å²) in [5, 5.41) is 0. The van der Waals surface area contributed by atoms with Crippen molar-refractivity contribution in [2.24, 2.45) is 10.7 Å². The molecule has 98 valence electrons. The summed E-state index contributed by atoms with van der Waals surface area (Å²) < 4.78 is 0. The third kappa shape index (κ3) is 2.69. The minimum absolute atomic E-state index is 0.160. The smallest absolute Gasteiger partial charge is 0.255 e. The Morgan fingerprint density at radius 2 is 2.00 bits per heavy atom. The van der Waals surface area contributed by atoms with Crippen LogP contribution < -0.4 is 11.3 Å². The number of nitrogens with two attached hydrogens (primary N) is 1. The number of aliphatic imine (C=N–C) groups is 1. The Labute approximate surface area is 106 Å². The van der Waals surface area contributed by atoms with Crippen LogP contribution in [0.25, 0.3) is 0 Å². The molecular weight excluding hydrogens is 230 g/mol. The Morgan fingerprint density at radius 1 is 1.33 bits per heavy atom. The average Bonchev–Trinajstić information content (AvgIpc) is 2.37. The predicted molar refractivity (Wildman–Crippen MR) is 71.0 cm³/mol. The fraction of sp³-hybridized carbons (Fsp3) is 0.583. The number of nitrogens with zero attached hydrogens (tertiary/aromatic N) is 3. The Bertz CT molecular complexity index is 514. The lowest BCUT2D eigenvalue weighted by Crippen LogP contribution is -2.40. The van der Waals surface area contributed by atoms with Gasteiger partial charge in [-0.15, -0.1) is 0 Å². The molecule has 1 aromatic rings. The van der Waals surface area contributed by atoms with Crippen LogP contribution >= 0.6 is 0 Å². The largest absolute Gasteiger partial charge is 0.369 e. The molecule has 6 heteroatoms. The van der Waals surface area contributed by atoms with Gasteiger partial charge in [-0.2, -0.15) is 4.99 Å². The van der Waals surface area contributed by atoms with E-state index in [1.54, 1.807) is 13.8 Å². The van der Waals surface area contributed by atoms with E-state index >= 15 is 0 Å². The van der Waals surface area contributed by atoms with Crippen LogP contribution in [0.2, 0.25) is 0 Å². The molecule has 0 aliphatic carbocycles. The molecule has 0 spiro atoms. The van der Waals surface area contributed by atoms with Gasteiger partial charge in [-0.3, -0.25) is 9.78 Å². The summed E-state index contributed by atoms with van der Waals surface area (Å²) in [6.07, 6.45) is 3.50. The van der Waals surface area contributed by atoms with E-state index < -0.39 is 0 Å². The highest BCUT2D eigenvalue weighted by Gasteiger charge is 2.12. The summed E-state index contributed by atoms with van der Waals surface area (Å²) >= 11 is 0. The summed E-state index contributed by atoms with van der Waals surface area (Å²) in [6, 6.07) is 0. The quantitative estimate of drug-likeness (QED) is 0.569. The molecule has 3 N–H and O–H groups in total. The fourth-order valence-electron chi connectivity index (χ4n) is 1.99. The van der Waals surface area contributed by atoms with Crippen LogP contribution in [-0.4, -0.2) is 33.9 Å². The second-order valence-corrected chi connectivity index (χ2v) is 4.62. The second-order valence-electron chi connectivity index (χ2n) is 4.62. The lowest BCUT2D eigenvalue weighted by molar-refractivity contribution is 0.339. The van der Waals surface area contributed by atoms with Crippen LogP contribution in [0.15, 0.2) is 9.79 Å². The van der Waals surface area contributed by atoms with E-state index in [0.717, 1.165) is 25.9 Å². The summed E-state index contributed by atoms with van der Waals surface area (Å²) in [5.74, 6) is 0.715. The molecule has 0 radical (unpaired) electrons. The van der Waals surface area contributed by atoms with Crippen molar-refractivity contribution in [2.45, 2.75) is 33.1 Å². The number of guanidine groups is 1. The standard InChI is InChI=1S/C12H19N5O/c1-8-9(2)14-12(15-10(8)18)16-11(13)17-6-4-3-5-7-17/h3-7H2,1-2H3,(H3,13,14,15,16,18). The molecule has 0 bridgehead atoms. The number of likely N-dealkylation sites (tertiary alicyclic amines) is 1. The van der Waals surface area contributed by atoms with Crippen molar-refractivity contribution in [3.05, 3.63) is 21.6 Å². The molecule has 1 aliphatic rings. The lowest BCUT2D eigenvalue weighted by atomic mass is 10.1. The molecule has 0 amide bonds. The first-order valence-corrected chi connectivity index (χ1v) is 6.24. The van der Waals surface area contributed by atoms with Crippen LogP contribution in [0, 0.1) is 13.8 Å². The van der Waals surface area contributed by atoms with Crippen molar-refractivity contribution in [3.63, 3.8) is 0 Å². The molecule has 1 aromatic heterocycles. The zero-order valence-corrected chi connectivity index (χ0v) is 10.9. The number of aryl methyl sites for hydroxylation is 1. The number of piperidine rings is 1. The van der Waals surface area contributed by atoms with Gasteiger partial charge in [0.25, 0.3) is 5.56 Å². The van der Waals surface area contributed by atoms with E-state index in [4.69, 9.17) is 5.73 Å². The maximum absolute atomic E-state index is 11.6. The van der Waals surface area contributed by atoms with E-state index in [-0.39, 0.29) is 11.5 Å². The number of H-pyrrole nitrogens is 1. The highest BCUT2D eigenvalue weighted by Crippen LogP contribution is 2.10. The number of nitrogens with one attached hydrogen (secondary N) is 1. The van der Waals surface area contributed by atoms with Crippen molar-refractivity contribution < 1.29 is 0 Å². The molecule has 1 aliphatic heterocycles. The first kappa shape index (κ1) is 12.6. The summed E-state index contributed by atoms with van der Waals surface area (Å²) in [4.78, 5) is 24.7. The Balaban J connectivity index is 2.24. The van der Waals surface area contributed by atoms with Gasteiger partial charge in [0.1, 0.15) is 0 Å². The molecule has 0 saturated carbocycles. The average molecular weight is 249 g/mol. The van der Waals surface area contributed by atoms with Crippen LogP contribution in [0.5, 0.6) is 0 Å². The molecule has 6 nitrogen and oxygen atoms in total. The first-order chi connectivity index (χ1) is 8.58. The van der Waals surface area contributed by atoms with Gasteiger partial charge >= 0.3 is 0 Å². The van der Waals surface area contributed by atoms with Crippen LogP contribution in [0.4, 0.5) is 5.95 Å². The van der Waals surface area contributed by atoms with E-state index in [2.05, 4.69) is 15.0 Å². The number of hydrogen-bond donors (Lipinski definition) is 2. The van der Waals surface area contributed by atoms with Gasteiger partial charge in [0.15, 0.2) is 5.96 Å². The molecule has 0 unspecified atom stereocenters. The zero-order valence-electron chi connectivity index (χ0n) is 10.9. The molecule has 0 atom stereocenters. The van der Waals surface area contributed by atoms with Crippen molar-refractivity contribution in [1.29, 1.82) is 0 Å². The maximum Gasteiger partial charge on any atom is 0.255 e. The Kier molecular flexibility index (Phi) is 3.64. The minimum atomic E-state index is -0.160. The van der Waals surface area contributed by atoms with E-state index in [1.165, 1.54) is 6.42 Å². The maximum atomic E-state index is 11.6. The van der Waals surface area contributed by atoms with Crippen molar-refractivity contribution in [3.8, 4) is 0 Å². The SMILES string of the molecule is Cc1nc(N=C(N)N2CCCCC2)[nH]c(=O)c1C. The van der Waals surface area contributed by atoms with Crippen LogP contribution in [0.1, 0.15) is 30.5 Å². The highest BCUT2D eigenvalue weighted by molar-refractivity contribution is 5.80. The number of hydrogen-bond acceptors (Lipinski definition) is 3. The molecular formula is C12H19N5O. The third-order valence-electron chi connectivity index (χ3n) is 3.28. The monoisotopic (exact) mass is 249 g/mol. The molecule has 2 rings (SSSR count). The van der Waals surface area contributed by atoms with E-state index in [9.17, 15) is 4.79 Å². The highest BCUT2D eigenvalue weighted by atomic mass is 16.1. The summed E-state index contributed by atoms with van der Waals surface area (Å²) in [7, 11) is 0. The van der Waals surface area contributed by atoms with Gasteiger partial charge in [-0.25, -0.2) is 4.98 Å². The lowest BCUT2D eigenvalue weighted by Gasteiger charge is -2.27. The number of rotatable bonds is 1. The van der Waals surface area contributed by atoms with Gasteiger partial charge in [-0.1, -0.05) is 0 Å². The van der Waals surface area contributed by atoms with E-state index in [0.29, 0.717) is 17.2 Å². The topological polar surface area (TPSA) is 87.4 Å². The third-order valence-corrected chi connectivity index (χ3v) is 3.28.